The third kappa shape index (κ3) is 2.04. The molecule has 5 heteroatoms. The van der Waals surface area contributed by atoms with Crippen LogP contribution in [-0.4, -0.2) is 29.4 Å². The predicted octanol–water partition coefficient (Wildman–Crippen LogP) is 1.44. The summed E-state index contributed by atoms with van der Waals surface area (Å²) in [6, 6.07) is 3.23. The van der Waals surface area contributed by atoms with Crippen LogP contribution in [0.25, 0.3) is 0 Å². The minimum Gasteiger partial charge on any atom is -0.477 e. The highest BCUT2D eigenvalue weighted by molar-refractivity contribution is 7.14. The molecule has 1 saturated heterocycles. The number of thiophene rings is 1. The first-order chi connectivity index (χ1) is 7.12. The molecule has 82 valence electrons. The fourth-order valence-electron chi connectivity index (χ4n) is 1.66. The molecule has 1 aliphatic rings. The van der Waals surface area contributed by atoms with E-state index in [0.717, 1.165) is 16.2 Å². The van der Waals surface area contributed by atoms with Crippen molar-refractivity contribution in [1.82, 2.24) is 0 Å². The Morgan fingerprint density at radius 2 is 2.07 bits per heavy atom. The standard InChI is InChI=1S/C10H12O4S/c11-9(12)7-1-2-8(15-7)10(13)3-5-14-6-4-10/h1-2,13H,3-6H2,(H,11,12). The SMILES string of the molecule is O=C(O)c1ccc(C2(O)CCOCC2)s1. The molecule has 4 nitrogen and oxygen atoms in total. The van der Waals surface area contributed by atoms with Crippen LogP contribution >= 0.6 is 11.3 Å². The molecular formula is C10H12O4S. The normalized spacial score (nSPS) is 20.1. The summed E-state index contributed by atoms with van der Waals surface area (Å²) in [5, 5.41) is 19.1. The second kappa shape index (κ2) is 3.92. The number of carboxylic acid groups (broad SMARTS) is 1. The molecule has 0 unspecified atom stereocenters. The maximum absolute atomic E-state index is 10.7. The number of aromatic carboxylic acids is 1. The van der Waals surface area contributed by atoms with Crippen LogP contribution < -0.4 is 0 Å². The van der Waals surface area contributed by atoms with E-state index in [2.05, 4.69) is 0 Å². The molecule has 1 aromatic rings. The van der Waals surface area contributed by atoms with E-state index in [-0.39, 0.29) is 4.88 Å². The molecule has 0 radical (unpaired) electrons. The lowest BCUT2D eigenvalue weighted by atomic mass is 9.93. The van der Waals surface area contributed by atoms with Crippen LogP contribution in [0.2, 0.25) is 0 Å². The van der Waals surface area contributed by atoms with Crippen LogP contribution in [0, 0.1) is 0 Å². The first-order valence-corrected chi connectivity index (χ1v) is 5.57. The molecule has 0 spiro atoms. The smallest absolute Gasteiger partial charge is 0.345 e. The Balaban J connectivity index is 2.23. The molecule has 0 aromatic carbocycles. The van der Waals surface area contributed by atoms with Crippen LogP contribution in [0.1, 0.15) is 27.4 Å². The van der Waals surface area contributed by atoms with E-state index in [1.54, 1.807) is 6.07 Å². The number of rotatable bonds is 2. The highest BCUT2D eigenvalue weighted by Gasteiger charge is 2.33. The second-order valence-electron chi connectivity index (χ2n) is 3.61. The van der Waals surface area contributed by atoms with E-state index in [0.29, 0.717) is 26.1 Å². The van der Waals surface area contributed by atoms with E-state index >= 15 is 0 Å². The van der Waals surface area contributed by atoms with E-state index in [1.165, 1.54) is 6.07 Å². The molecule has 0 bridgehead atoms. The van der Waals surface area contributed by atoms with Crippen LogP contribution in [0.4, 0.5) is 0 Å². The Morgan fingerprint density at radius 1 is 1.40 bits per heavy atom. The van der Waals surface area contributed by atoms with Crippen LogP contribution in [-0.2, 0) is 10.3 Å². The van der Waals surface area contributed by atoms with E-state index in [4.69, 9.17) is 9.84 Å². The lowest BCUT2D eigenvalue weighted by Gasteiger charge is -2.30. The Hall–Kier alpha value is -0.910. The third-order valence-electron chi connectivity index (χ3n) is 2.60. The molecule has 2 N–H and O–H groups in total. The van der Waals surface area contributed by atoms with Gasteiger partial charge in [-0.05, 0) is 12.1 Å². The molecule has 0 saturated carbocycles. The summed E-state index contributed by atoms with van der Waals surface area (Å²) in [6.07, 6.45) is 1.07. The quantitative estimate of drug-likeness (QED) is 0.804. The molecule has 0 amide bonds. The molecule has 2 rings (SSSR count). The summed E-state index contributed by atoms with van der Waals surface area (Å²) >= 11 is 1.14. The van der Waals surface area contributed by atoms with Crippen molar-refractivity contribution in [2.75, 3.05) is 13.2 Å². The largest absolute Gasteiger partial charge is 0.477 e. The zero-order valence-corrected chi connectivity index (χ0v) is 8.92. The molecule has 1 aliphatic heterocycles. The molecule has 1 aromatic heterocycles. The number of aliphatic hydroxyl groups is 1. The van der Waals surface area contributed by atoms with Crippen molar-refractivity contribution in [3.63, 3.8) is 0 Å². The zero-order chi connectivity index (χ0) is 10.9. The molecule has 15 heavy (non-hydrogen) atoms. The average Bonchev–Trinajstić information content (AvgIpc) is 2.68. The molecule has 1 fully saturated rings. The molecular weight excluding hydrogens is 216 g/mol. The van der Waals surface area contributed by atoms with E-state index in [1.807, 2.05) is 0 Å². The van der Waals surface area contributed by atoms with Gasteiger partial charge in [0, 0.05) is 30.9 Å². The minimum absolute atomic E-state index is 0.268. The third-order valence-corrected chi connectivity index (χ3v) is 3.86. The van der Waals surface area contributed by atoms with Crippen LogP contribution in [0.3, 0.4) is 0 Å². The lowest BCUT2D eigenvalue weighted by Crippen LogP contribution is -2.32. The van der Waals surface area contributed by atoms with E-state index in [9.17, 15) is 9.90 Å². The Morgan fingerprint density at radius 3 is 2.60 bits per heavy atom. The summed E-state index contributed by atoms with van der Waals surface area (Å²) in [4.78, 5) is 11.7. The van der Waals surface area contributed by atoms with Crippen molar-refractivity contribution in [3.8, 4) is 0 Å². The summed E-state index contributed by atoms with van der Waals surface area (Å²) < 4.78 is 5.17. The first-order valence-electron chi connectivity index (χ1n) is 4.75. The topological polar surface area (TPSA) is 66.8 Å². The second-order valence-corrected chi connectivity index (χ2v) is 4.70. The van der Waals surface area contributed by atoms with Gasteiger partial charge in [0.25, 0.3) is 0 Å². The molecule has 0 atom stereocenters. The van der Waals surface area contributed by atoms with Crippen molar-refractivity contribution in [1.29, 1.82) is 0 Å². The Kier molecular flexibility index (Phi) is 2.77. The lowest BCUT2D eigenvalue weighted by molar-refractivity contribution is -0.0656. The first kappa shape index (κ1) is 10.6. The average molecular weight is 228 g/mol. The Labute approximate surface area is 91.1 Å². The van der Waals surface area contributed by atoms with Crippen LogP contribution in [0.15, 0.2) is 12.1 Å². The molecule has 2 heterocycles. The predicted molar refractivity (Wildman–Crippen MR) is 55.2 cm³/mol. The van der Waals surface area contributed by atoms with Crippen LogP contribution in [0.5, 0.6) is 0 Å². The molecule has 0 aliphatic carbocycles. The van der Waals surface area contributed by atoms with Crippen molar-refractivity contribution in [3.05, 3.63) is 21.9 Å². The van der Waals surface area contributed by atoms with Gasteiger partial charge >= 0.3 is 5.97 Å². The van der Waals surface area contributed by atoms with Gasteiger partial charge in [0.15, 0.2) is 0 Å². The maximum Gasteiger partial charge on any atom is 0.345 e. The van der Waals surface area contributed by atoms with Gasteiger partial charge in [-0.1, -0.05) is 0 Å². The highest BCUT2D eigenvalue weighted by atomic mass is 32.1. The zero-order valence-electron chi connectivity index (χ0n) is 8.10. The Bertz CT molecular complexity index is 365. The summed E-state index contributed by atoms with van der Waals surface area (Å²) in [6.45, 7) is 1.05. The van der Waals surface area contributed by atoms with Gasteiger partial charge < -0.3 is 14.9 Å². The van der Waals surface area contributed by atoms with Gasteiger partial charge in [-0.2, -0.15) is 0 Å². The van der Waals surface area contributed by atoms with Crippen molar-refractivity contribution in [2.24, 2.45) is 0 Å². The van der Waals surface area contributed by atoms with Gasteiger partial charge in [0.05, 0.1) is 0 Å². The number of carboxylic acids is 1. The number of ether oxygens (including phenoxy) is 1. The minimum atomic E-state index is -0.943. The van der Waals surface area contributed by atoms with Crippen molar-refractivity contribution < 1.29 is 19.7 Å². The van der Waals surface area contributed by atoms with Crippen molar-refractivity contribution in [2.45, 2.75) is 18.4 Å². The highest BCUT2D eigenvalue weighted by Crippen LogP contribution is 2.36. The van der Waals surface area contributed by atoms with Crippen molar-refractivity contribution >= 4 is 17.3 Å². The number of hydrogen-bond acceptors (Lipinski definition) is 4. The summed E-state index contributed by atoms with van der Waals surface area (Å²) in [7, 11) is 0. The fourth-order valence-corrected chi connectivity index (χ4v) is 2.65. The number of hydrogen-bond donors (Lipinski definition) is 2. The van der Waals surface area contributed by atoms with Gasteiger partial charge in [0.1, 0.15) is 10.5 Å². The number of carbonyl (C=O) groups is 1. The fraction of sp³-hybridized carbons (Fsp3) is 0.500. The van der Waals surface area contributed by atoms with Gasteiger partial charge in [0.2, 0.25) is 0 Å². The van der Waals surface area contributed by atoms with E-state index < -0.39 is 11.6 Å². The van der Waals surface area contributed by atoms with Gasteiger partial charge in [-0.25, -0.2) is 4.79 Å². The van der Waals surface area contributed by atoms with Gasteiger partial charge in [-0.15, -0.1) is 11.3 Å². The summed E-state index contributed by atoms with van der Waals surface area (Å²) in [5.41, 5.74) is -0.892. The van der Waals surface area contributed by atoms with Gasteiger partial charge in [-0.3, -0.25) is 0 Å². The maximum atomic E-state index is 10.7. The summed E-state index contributed by atoms with van der Waals surface area (Å²) in [5.74, 6) is -0.943. The monoisotopic (exact) mass is 228 g/mol.